The summed E-state index contributed by atoms with van der Waals surface area (Å²) in [6.45, 7) is 2.33. The molecule has 0 aliphatic carbocycles. The summed E-state index contributed by atoms with van der Waals surface area (Å²) in [6.07, 6.45) is 4.74. The molecule has 1 fully saturated rings. The average molecular weight is 316 g/mol. The van der Waals surface area contributed by atoms with Crippen LogP contribution in [0, 0.1) is 0 Å². The molecule has 5 heteroatoms. The van der Waals surface area contributed by atoms with Crippen molar-refractivity contribution in [2.45, 2.75) is 24.9 Å². The predicted octanol–water partition coefficient (Wildman–Crippen LogP) is 2.79. The highest BCUT2D eigenvalue weighted by atomic mass is 32.1. The molecule has 0 radical (unpaired) electrons. The van der Waals surface area contributed by atoms with Crippen molar-refractivity contribution >= 4 is 17.2 Å². The minimum Gasteiger partial charge on any atom is -0.369 e. The maximum Gasteiger partial charge on any atom is 0.270 e. The first kappa shape index (κ1) is 14.0. The average Bonchev–Trinajstić information content (AvgIpc) is 3.17. The van der Waals surface area contributed by atoms with Crippen molar-refractivity contribution in [1.82, 2.24) is 9.47 Å². The van der Waals surface area contributed by atoms with E-state index in [4.69, 9.17) is 4.74 Å². The fraction of sp³-hybridized carbons (Fsp3) is 0.471. The van der Waals surface area contributed by atoms with Crippen molar-refractivity contribution in [1.29, 1.82) is 0 Å². The summed E-state index contributed by atoms with van der Waals surface area (Å²) in [7, 11) is 1.92. The van der Waals surface area contributed by atoms with Crippen LogP contribution in [0.25, 0.3) is 0 Å². The molecule has 116 valence electrons. The van der Waals surface area contributed by atoms with Gasteiger partial charge >= 0.3 is 0 Å². The molecule has 1 saturated heterocycles. The van der Waals surface area contributed by atoms with E-state index in [1.54, 1.807) is 0 Å². The van der Waals surface area contributed by atoms with Gasteiger partial charge in [-0.25, -0.2) is 0 Å². The second-order valence-electron chi connectivity index (χ2n) is 6.16. The summed E-state index contributed by atoms with van der Waals surface area (Å²) < 4.78 is 8.09. The van der Waals surface area contributed by atoms with E-state index in [1.807, 2.05) is 46.2 Å². The molecule has 2 aromatic heterocycles. The lowest BCUT2D eigenvalue weighted by molar-refractivity contribution is -0.0906. The molecule has 0 aromatic carbocycles. The van der Waals surface area contributed by atoms with Crippen LogP contribution in [0.15, 0.2) is 29.8 Å². The molecule has 2 aliphatic rings. The molecule has 1 amide bonds. The molecule has 0 saturated carbocycles. The Balaban J connectivity index is 1.52. The van der Waals surface area contributed by atoms with Gasteiger partial charge in [0.05, 0.1) is 6.61 Å². The number of fused-ring (bicyclic) bond motifs is 2. The number of thiophene rings is 1. The first-order valence-corrected chi connectivity index (χ1v) is 8.69. The standard InChI is InChI=1S/C17H20N2O2S/c1-18-8-2-3-14(18)16(20)19-9-6-17(7-10-19)15-13(4-11-21-17)5-12-22-15/h2-3,5,8,12H,4,6-7,9-11H2,1H3. The number of rotatable bonds is 1. The Morgan fingerprint density at radius 2 is 2.14 bits per heavy atom. The molecule has 4 nitrogen and oxygen atoms in total. The van der Waals surface area contributed by atoms with E-state index in [1.165, 1.54) is 10.4 Å². The minimum atomic E-state index is -0.146. The quantitative estimate of drug-likeness (QED) is 0.811. The molecule has 2 aliphatic heterocycles. The number of hydrogen-bond donors (Lipinski definition) is 0. The zero-order valence-electron chi connectivity index (χ0n) is 12.7. The highest BCUT2D eigenvalue weighted by Gasteiger charge is 2.42. The Labute approximate surface area is 134 Å². The maximum atomic E-state index is 12.6. The number of amides is 1. The molecule has 4 heterocycles. The summed E-state index contributed by atoms with van der Waals surface area (Å²) in [5.74, 6) is 0.129. The number of carbonyl (C=O) groups is 1. The Bertz CT molecular complexity index is 695. The van der Waals surface area contributed by atoms with Crippen LogP contribution in [0.1, 0.15) is 33.8 Å². The third-order valence-electron chi connectivity index (χ3n) is 4.93. The molecule has 0 unspecified atom stereocenters. The topological polar surface area (TPSA) is 34.5 Å². The van der Waals surface area contributed by atoms with Gasteiger partial charge < -0.3 is 14.2 Å². The second-order valence-corrected chi connectivity index (χ2v) is 7.08. The van der Waals surface area contributed by atoms with E-state index < -0.39 is 0 Å². The first-order valence-electron chi connectivity index (χ1n) is 7.81. The normalized spacial score (nSPS) is 20.1. The van der Waals surface area contributed by atoms with Crippen molar-refractivity contribution in [2.24, 2.45) is 7.05 Å². The fourth-order valence-corrected chi connectivity index (χ4v) is 4.81. The minimum absolute atomic E-state index is 0.129. The number of piperidine rings is 1. The number of carbonyl (C=O) groups excluding carboxylic acids is 1. The Morgan fingerprint density at radius 1 is 1.32 bits per heavy atom. The molecule has 0 N–H and O–H groups in total. The highest BCUT2D eigenvalue weighted by molar-refractivity contribution is 7.10. The van der Waals surface area contributed by atoms with Gasteiger partial charge in [-0.1, -0.05) is 0 Å². The summed E-state index contributed by atoms with van der Waals surface area (Å²) >= 11 is 1.81. The zero-order valence-corrected chi connectivity index (χ0v) is 13.6. The van der Waals surface area contributed by atoms with Gasteiger partial charge in [-0.05, 0) is 48.4 Å². The lowest BCUT2D eigenvalue weighted by Crippen LogP contribution is -2.48. The number of aryl methyl sites for hydroxylation is 1. The van der Waals surface area contributed by atoms with Crippen molar-refractivity contribution in [3.05, 3.63) is 45.9 Å². The predicted molar refractivity (Wildman–Crippen MR) is 86.2 cm³/mol. The van der Waals surface area contributed by atoms with Crippen LogP contribution in [0.5, 0.6) is 0 Å². The SMILES string of the molecule is Cn1cccc1C(=O)N1CCC2(CC1)OCCc1ccsc12. The summed E-state index contributed by atoms with van der Waals surface area (Å²) in [5.41, 5.74) is 2.06. The Hall–Kier alpha value is -1.59. The fourth-order valence-electron chi connectivity index (χ4n) is 3.64. The van der Waals surface area contributed by atoms with Gasteiger partial charge in [0.25, 0.3) is 5.91 Å². The van der Waals surface area contributed by atoms with Crippen molar-refractivity contribution in [3.63, 3.8) is 0 Å². The monoisotopic (exact) mass is 316 g/mol. The number of ether oxygens (including phenoxy) is 1. The van der Waals surface area contributed by atoms with Gasteiger partial charge in [0.1, 0.15) is 11.3 Å². The number of nitrogens with zero attached hydrogens (tertiary/aromatic N) is 2. The lowest BCUT2D eigenvalue weighted by atomic mass is 9.85. The molecule has 0 bridgehead atoms. The van der Waals surface area contributed by atoms with Crippen LogP contribution in [-0.2, 0) is 23.8 Å². The Morgan fingerprint density at radius 3 is 2.86 bits per heavy atom. The molecule has 1 spiro atoms. The van der Waals surface area contributed by atoms with Crippen LogP contribution < -0.4 is 0 Å². The third kappa shape index (κ3) is 2.11. The smallest absolute Gasteiger partial charge is 0.270 e. The molecule has 22 heavy (non-hydrogen) atoms. The van der Waals surface area contributed by atoms with Crippen molar-refractivity contribution < 1.29 is 9.53 Å². The highest BCUT2D eigenvalue weighted by Crippen LogP contribution is 2.44. The van der Waals surface area contributed by atoms with Crippen LogP contribution >= 0.6 is 11.3 Å². The maximum absolute atomic E-state index is 12.6. The first-order chi connectivity index (χ1) is 10.7. The van der Waals surface area contributed by atoms with Gasteiger partial charge in [0.15, 0.2) is 0 Å². The van der Waals surface area contributed by atoms with E-state index in [0.29, 0.717) is 0 Å². The van der Waals surface area contributed by atoms with Crippen LogP contribution in [0.3, 0.4) is 0 Å². The molecular formula is C17H20N2O2S. The third-order valence-corrected chi connectivity index (χ3v) is 6.07. The summed E-state index contributed by atoms with van der Waals surface area (Å²) in [6, 6.07) is 6.04. The van der Waals surface area contributed by atoms with Gasteiger partial charge in [0.2, 0.25) is 0 Å². The van der Waals surface area contributed by atoms with E-state index in [0.717, 1.165) is 44.7 Å². The number of hydrogen-bond acceptors (Lipinski definition) is 3. The number of likely N-dealkylation sites (tertiary alicyclic amines) is 1. The Kier molecular flexibility index (Phi) is 3.35. The van der Waals surface area contributed by atoms with Crippen molar-refractivity contribution in [3.8, 4) is 0 Å². The van der Waals surface area contributed by atoms with Gasteiger partial charge in [-0.2, -0.15) is 0 Å². The second kappa shape index (κ2) is 5.25. The van der Waals surface area contributed by atoms with E-state index in [9.17, 15) is 4.79 Å². The molecule has 4 rings (SSSR count). The largest absolute Gasteiger partial charge is 0.369 e. The zero-order chi connectivity index (χ0) is 15.2. The summed E-state index contributed by atoms with van der Waals surface area (Å²) in [4.78, 5) is 16.0. The van der Waals surface area contributed by atoms with E-state index >= 15 is 0 Å². The number of aromatic nitrogens is 1. The van der Waals surface area contributed by atoms with Crippen LogP contribution in [-0.4, -0.2) is 35.1 Å². The van der Waals surface area contributed by atoms with E-state index in [-0.39, 0.29) is 11.5 Å². The van der Waals surface area contributed by atoms with Gasteiger partial charge in [-0.3, -0.25) is 4.79 Å². The summed E-state index contributed by atoms with van der Waals surface area (Å²) in [5, 5.41) is 2.17. The van der Waals surface area contributed by atoms with Crippen molar-refractivity contribution in [2.75, 3.05) is 19.7 Å². The van der Waals surface area contributed by atoms with Crippen LogP contribution in [0.4, 0.5) is 0 Å². The molecular weight excluding hydrogens is 296 g/mol. The van der Waals surface area contributed by atoms with Gasteiger partial charge in [-0.15, -0.1) is 11.3 Å². The molecule has 0 atom stereocenters. The van der Waals surface area contributed by atoms with E-state index in [2.05, 4.69) is 11.4 Å². The lowest BCUT2D eigenvalue weighted by Gasteiger charge is -2.43. The van der Waals surface area contributed by atoms with Gasteiger partial charge in [0, 0.05) is 31.2 Å². The van der Waals surface area contributed by atoms with Crippen LogP contribution in [0.2, 0.25) is 0 Å². The molecule has 2 aromatic rings.